The molecule has 2 rings (SSSR count). The Balaban J connectivity index is 2.14. The average Bonchev–Trinajstić information content (AvgIpc) is 2.67. The van der Waals surface area contributed by atoms with E-state index in [1.807, 2.05) is 31.2 Å². The predicted molar refractivity (Wildman–Crippen MR) is 89.7 cm³/mol. The predicted octanol–water partition coefficient (Wildman–Crippen LogP) is 3.37. The molecule has 1 aromatic carbocycles. The van der Waals surface area contributed by atoms with Gasteiger partial charge in [0.25, 0.3) is 11.1 Å². The SMILES string of the molecule is Cc1ccccc1/C=C1/SC(=O)N(CC(=O)OC(C)(C)C)C1=O. The highest BCUT2D eigenvalue weighted by Crippen LogP contribution is 2.32. The zero-order valence-corrected chi connectivity index (χ0v) is 14.4. The van der Waals surface area contributed by atoms with E-state index in [2.05, 4.69) is 0 Å². The highest BCUT2D eigenvalue weighted by Gasteiger charge is 2.37. The topological polar surface area (TPSA) is 63.7 Å². The number of imide groups is 1. The molecule has 0 spiro atoms. The number of rotatable bonds is 3. The van der Waals surface area contributed by atoms with Crippen molar-refractivity contribution in [3.05, 3.63) is 40.3 Å². The number of aryl methyl sites for hydroxylation is 1. The molecule has 1 saturated heterocycles. The molecule has 1 aliphatic rings. The number of amides is 2. The van der Waals surface area contributed by atoms with Crippen LogP contribution in [0.3, 0.4) is 0 Å². The van der Waals surface area contributed by atoms with E-state index < -0.39 is 22.7 Å². The normalized spacial score (nSPS) is 17.0. The third kappa shape index (κ3) is 4.45. The van der Waals surface area contributed by atoms with Gasteiger partial charge >= 0.3 is 5.97 Å². The summed E-state index contributed by atoms with van der Waals surface area (Å²) in [5.41, 5.74) is 1.22. The molecule has 0 bridgehead atoms. The second-order valence-electron chi connectivity index (χ2n) is 6.21. The maximum Gasteiger partial charge on any atom is 0.326 e. The number of ether oxygens (including phenoxy) is 1. The van der Waals surface area contributed by atoms with Gasteiger partial charge in [0.1, 0.15) is 12.1 Å². The first-order valence-corrected chi connectivity index (χ1v) is 8.02. The summed E-state index contributed by atoms with van der Waals surface area (Å²) in [7, 11) is 0. The molecule has 122 valence electrons. The lowest BCUT2D eigenvalue weighted by molar-refractivity contribution is -0.156. The van der Waals surface area contributed by atoms with E-state index in [1.165, 1.54) is 0 Å². The second-order valence-corrected chi connectivity index (χ2v) is 7.20. The van der Waals surface area contributed by atoms with E-state index in [-0.39, 0.29) is 6.54 Å². The molecule has 5 nitrogen and oxygen atoms in total. The van der Waals surface area contributed by atoms with Crippen molar-refractivity contribution in [3.8, 4) is 0 Å². The molecule has 1 aromatic rings. The summed E-state index contributed by atoms with van der Waals surface area (Å²) in [6, 6.07) is 7.57. The summed E-state index contributed by atoms with van der Waals surface area (Å²) in [5.74, 6) is -1.06. The molecule has 0 aliphatic carbocycles. The number of hydrogen-bond donors (Lipinski definition) is 0. The zero-order chi connectivity index (χ0) is 17.2. The fourth-order valence-electron chi connectivity index (χ4n) is 2.03. The van der Waals surface area contributed by atoms with Crippen molar-refractivity contribution in [1.29, 1.82) is 0 Å². The highest BCUT2D eigenvalue weighted by molar-refractivity contribution is 8.18. The quantitative estimate of drug-likeness (QED) is 0.627. The Labute approximate surface area is 139 Å². The Morgan fingerprint density at radius 3 is 2.52 bits per heavy atom. The molecule has 0 N–H and O–H groups in total. The van der Waals surface area contributed by atoms with Crippen LogP contribution in [0.2, 0.25) is 0 Å². The van der Waals surface area contributed by atoms with Crippen LogP contribution in [0.4, 0.5) is 4.79 Å². The second kappa shape index (κ2) is 6.58. The van der Waals surface area contributed by atoms with Crippen LogP contribution in [0.25, 0.3) is 6.08 Å². The smallest absolute Gasteiger partial charge is 0.326 e. The number of benzene rings is 1. The molecule has 1 aliphatic heterocycles. The van der Waals surface area contributed by atoms with Gasteiger partial charge in [-0.25, -0.2) is 0 Å². The zero-order valence-electron chi connectivity index (χ0n) is 13.6. The Hall–Kier alpha value is -2.08. The van der Waals surface area contributed by atoms with Gasteiger partial charge in [-0.15, -0.1) is 0 Å². The van der Waals surface area contributed by atoms with Crippen LogP contribution in [0, 0.1) is 6.92 Å². The van der Waals surface area contributed by atoms with Gasteiger partial charge in [0.2, 0.25) is 0 Å². The minimum Gasteiger partial charge on any atom is -0.459 e. The Kier molecular flexibility index (Phi) is 4.94. The molecule has 0 saturated carbocycles. The van der Waals surface area contributed by atoms with Crippen LogP contribution in [0.5, 0.6) is 0 Å². The first kappa shape index (κ1) is 17.3. The summed E-state index contributed by atoms with van der Waals surface area (Å²) in [6.45, 7) is 6.76. The number of esters is 1. The van der Waals surface area contributed by atoms with Crippen molar-refractivity contribution in [1.82, 2.24) is 4.90 Å². The van der Waals surface area contributed by atoms with Crippen molar-refractivity contribution >= 4 is 35.0 Å². The van der Waals surface area contributed by atoms with Crippen LogP contribution in [-0.2, 0) is 14.3 Å². The van der Waals surface area contributed by atoms with E-state index in [9.17, 15) is 14.4 Å². The molecule has 6 heteroatoms. The van der Waals surface area contributed by atoms with Crippen molar-refractivity contribution in [2.45, 2.75) is 33.3 Å². The van der Waals surface area contributed by atoms with Gasteiger partial charge in [-0.3, -0.25) is 19.3 Å². The monoisotopic (exact) mass is 333 g/mol. The third-order valence-electron chi connectivity index (χ3n) is 3.06. The maximum atomic E-state index is 12.3. The van der Waals surface area contributed by atoms with E-state index in [0.717, 1.165) is 27.8 Å². The molecule has 0 aromatic heterocycles. The highest BCUT2D eigenvalue weighted by atomic mass is 32.2. The van der Waals surface area contributed by atoms with Crippen molar-refractivity contribution in [2.75, 3.05) is 6.54 Å². The van der Waals surface area contributed by atoms with Crippen LogP contribution in [-0.4, -0.2) is 34.2 Å². The lowest BCUT2D eigenvalue weighted by Crippen LogP contribution is -2.37. The van der Waals surface area contributed by atoms with Gasteiger partial charge < -0.3 is 4.74 Å². The number of hydrogen-bond acceptors (Lipinski definition) is 5. The molecule has 0 atom stereocenters. The van der Waals surface area contributed by atoms with Gasteiger partial charge in [0.15, 0.2) is 0 Å². The molecule has 0 radical (unpaired) electrons. The number of nitrogens with zero attached hydrogens (tertiary/aromatic N) is 1. The molecule has 1 fully saturated rings. The molecule has 0 unspecified atom stereocenters. The van der Waals surface area contributed by atoms with Gasteiger partial charge in [-0.05, 0) is 56.7 Å². The van der Waals surface area contributed by atoms with E-state index >= 15 is 0 Å². The number of thioether (sulfide) groups is 1. The van der Waals surface area contributed by atoms with E-state index in [0.29, 0.717) is 4.91 Å². The number of carbonyl (C=O) groups is 3. The van der Waals surface area contributed by atoms with E-state index in [1.54, 1.807) is 26.8 Å². The van der Waals surface area contributed by atoms with Gasteiger partial charge in [0.05, 0.1) is 4.91 Å². The van der Waals surface area contributed by atoms with Gasteiger partial charge in [0, 0.05) is 0 Å². The maximum absolute atomic E-state index is 12.3. The first-order valence-electron chi connectivity index (χ1n) is 7.20. The summed E-state index contributed by atoms with van der Waals surface area (Å²) in [5, 5.41) is -0.458. The number of carbonyl (C=O) groups excluding carboxylic acids is 3. The lowest BCUT2D eigenvalue weighted by Gasteiger charge is -2.21. The average molecular weight is 333 g/mol. The van der Waals surface area contributed by atoms with Crippen LogP contribution in [0.15, 0.2) is 29.2 Å². The minimum atomic E-state index is -0.657. The van der Waals surface area contributed by atoms with Crippen LogP contribution < -0.4 is 0 Å². The van der Waals surface area contributed by atoms with Crippen molar-refractivity contribution < 1.29 is 19.1 Å². The Morgan fingerprint density at radius 2 is 1.91 bits per heavy atom. The molecule has 1 heterocycles. The standard InChI is InChI=1S/C17H19NO4S/c1-11-7-5-6-8-12(11)9-13-15(20)18(16(21)23-13)10-14(19)22-17(2,3)4/h5-9H,10H2,1-4H3/b13-9+. The van der Waals surface area contributed by atoms with Gasteiger partial charge in [-0.2, -0.15) is 0 Å². The molecular weight excluding hydrogens is 314 g/mol. The summed E-state index contributed by atoms with van der Waals surface area (Å²) in [6.07, 6.45) is 1.68. The minimum absolute atomic E-state index is 0.313. The van der Waals surface area contributed by atoms with Gasteiger partial charge in [-0.1, -0.05) is 24.3 Å². The third-order valence-corrected chi connectivity index (χ3v) is 3.96. The molecule has 23 heavy (non-hydrogen) atoms. The van der Waals surface area contributed by atoms with Crippen molar-refractivity contribution in [3.63, 3.8) is 0 Å². The Bertz CT molecular complexity index is 688. The fraction of sp³-hybridized carbons (Fsp3) is 0.353. The van der Waals surface area contributed by atoms with E-state index in [4.69, 9.17) is 4.74 Å². The summed E-state index contributed by atoms with van der Waals surface area (Å²) < 4.78 is 5.16. The van der Waals surface area contributed by atoms with Crippen molar-refractivity contribution in [2.24, 2.45) is 0 Å². The Morgan fingerprint density at radius 1 is 1.26 bits per heavy atom. The molecular formula is C17H19NO4S. The lowest BCUT2D eigenvalue weighted by atomic mass is 10.1. The molecule has 2 amide bonds. The fourth-order valence-corrected chi connectivity index (χ4v) is 2.86. The van der Waals surface area contributed by atoms with Crippen LogP contribution >= 0.6 is 11.8 Å². The summed E-state index contributed by atoms with van der Waals surface area (Å²) in [4.78, 5) is 37.4. The largest absolute Gasteiger partial charge is 0.459 e. The van der Waals surface area contributed by atoms with Crippen LogP contribution in [0.1, 0.15) is 31.9 Å². The summed E-state index contributed by atoms with van der Waals surface area (Å²) >= 11 is 0.836. The first-order chi connectivity index (χ1) is 10.7.